The van der Waals surface area contributed by atoms with E-state index in [0.29, 0.717) is 35.6 Å². The molecule has 1 N–H and O–H groups in total. The highest BCUT2D eigenvalue weighted by Gasteiger charge is 2.23. The SMILES string of the molecule is CNC(=O)[C@@H](CC(=O)c1ccc(OC(C)C)c(Cl)c1)Cc1ccc(CCC(=O)c2ccccc2)cc1. The van der Waals surface area contributed by atoms with E-state index in [2.05, 4.69) is 5.32 Å². The van der Waals surface area contributed by atoms with Crippen LogP contribution in [0.25, 0.3) is 0 Å². The van der Waals surface area contributed by atoms with Crippen molar-refractivity contribution < 1.29 is 19.1 Å². The molecule has 188 valence electrons. The molecule has 0 bridgehead atoms. The highest BCUT2D eigenvalue weighted by atomic mass is 35.5. The Hall–Kier alpha value is -3.44. The molecule has 0 saturated carbocycles. The molecule has 3 aromatic rings. The summed E-state index contributed by atoms with van der Waals surface area (Å²) < 4.78 is 5.63. The lowest BCUT2D eigenvalue weighted by Crippen LogP contribution is -2.30. The molecule has 0 spiro atoms. The zero-order valence-electron chi connectivity index (χ0n) is 20.9. The second kappa shape index (κ2) is 13.0. The van der Waals surface area contributed by atoms with Crippen LogP contribution in [-0.4, -0.2) is 30.6 Å². The fraction of sp³-hybridized carbons (Fsp3) is 0.300. The van der Waals surface area contributed by atoms with Crippen LogP contribution in [0, 0.1) is 5.92 Å². The van der Waals surface area contributed by atoms with E-state index in [-0.39, 0.29) is 30.0 Å². The number of hydrogen-bond donors (Lipinski definition) is 1. The number of aryl methyl sites for hydroxylation is 1. The summed E-state index contributed by atoms with van der Waals surface area (Å²) in [5.74, 6) is -0.221. The van der Waals surface area contributed by atoms with Crippen molar-refractivity contribution in [3.63, 3.8) is 0 Å². The van der Waals surface area contributed by atoms with Gasteiger partial charge in [0.25, 0.3) is 0 Å². The lowest BCUT2D eigenvalue weighted by Gasteiger charge is -2.16. The monoisotopic (exact) mass is 505 g/mol. The van der Waals surface area contributed by atoms with Crippen LogP contribution in [0.1, 0.15) is 58.5 Å². The van der Waals surface area contributed by atoms with Gasteiger partial charge in [0.2, 0.25) is 5.91 Å². The molecule has 36 heavy (non-hydrogen) atoms. The van der Waals surface area contributed by atoms with Crippen molar-refractivity contribution >= 4 is 29.1 Å². The van der Waals surface area contributed by atoms with Crippen molar-refractivity contribution in [1.82, 2.24) is 5.32 Å². The number of carbonyl (C=O) groups excluding carboxylic acids is 3. The summed E-state index contributed by atoms with van der Waals surface area (Å²) in [5.41, 5.74) is 3.17. The van der Waals surface area contributed by atoms with Crippen LogP contribution in [-0.2, 0) is 17.6 Å². The Morgan fingerprint density at radius 3 is 2.14 bits per heavy atom. The van der Waals surface area contributed by atoms with Gasteiger partial charge in [-0.15, -0.1) is 0 Å². The van der Waals surface area contributed by atoms with Crippen molar-refractivity contribution in [3.8, 4) is 5.75 Å². The molecule has 0 aliphatic heterocycles. The quantitative estimate of drug-likeness (QED) is 0.301. The fourth-order valence-corrected chi connectivity index (χ4v) is 4.20. The Morgan fingerprint density at radius 2 is 1.53 bits per heavy atom. The summed E-state index contributed by atoms with van der Waals surface area (Å²) in [6.45, 7) is 3.81. The third kappa shape index (κ3) is 7.79. The van der Waals surface area contributed by atoms with E-state index in [4.69, 9.17) is 16.3 Å². The Balaban J connectivity index is 1.62. The number of carbonyl (C=O) groups is 3. The Morgan fingerprint density at radius 1 is 0.861 bits per heavy atom. The molecule has 0 fully saturated rings. The van der Waals surface area contributed by atoms with Gasteiger partial charge in [0.05, 0.1) is 11.1 Å². The predicted octanol–water partition coefficient (Wildman–Crippen LogP) is 6.12. The van der Waals surface area contributed by atoms with Gasteiger partial charge in [-0.3, -0.25) is 14.4 Å². The molecule has 0 aromatic heterocycles. The van der Waals surface area contributed by atoms with Gasteiger partial charge >= 0.3 is 0 Å². The minimum absolute atomic E-state index is 0.0302. The first-order chi connectivity index (χ1) is 17.3. The molecule has 1 atom stereocenters. The maximum atomic E-state index is 13.0. The number of benzene rings is 3. The van der Waals surface area contributed by atoms with Crippen LogP contribution < -0.4 is 10.1 Å². The number of Topliss-reactive ketones (excluding diaryl/α,β-unsaturated/α-hetero) is 2. The summed E-state index contributed by atoms with van der Waals surface area (Å²) in [5, 5.41) is 3.04. The molecule has 1 amide bonds. The fourth-order valence-electron chi connectivity index (χ4n) is 3.98. The highest BCUT2D eigenvalue weighted by Crippen LogP contribution is 2.28. The third-order valence-electron chi connectivity index (χ3n) is 5.91. The van der Waals surface area contributed by atoms with Crippen molar-refractivity contribution in [2.24, 2.45) is 5.92 Å². The number of halogens is 1. The maximum absolute atomic E-state index is 13.0. The molecule has 0 aliphatic rings. The van der Waals surface area contributed by atoms with Gasteiger partial charge < -0.3 is 10.1 Å². The minimum atomic E-state index is -0.515. The smallest absolute Gasteiger partial charge is 0.223 e. The molecule has 0 unspecified atom stereocenters. The zero-order chi connectivity index (χ0) is 26.1. The minimum Gasteiger partial charge on any atom is -0.489 e. The first kappa shape index (κ1) is 27.2. The van der Waals surface area contributed by atoms with Crippen LogP contribution in [0.15, 0.2) is 72.8 Å². The second-order valence-electron chi connectivity index (χ2n) is 9.06. The Labute approximate surface area is 217 Å². The highest BCUT2D eigenvalue weighted by molar-refractivity contribution is 6.32. The first-order valence-corrected chi connectivity index (χ1v) is 12.5. The van der Waals surface area contributed by atoms with E-state index in [0.717, 1.165) is 16.7 Å². The van der Waals surface area contributed by atoms with E-state index in [1.807, 2.05) is 68.4 Å². The molecule has 0 radical (unpaired) electrons. The molecule has 0 saturated heterocycles. The van der Waals surface area contributed by atoms with Crippen molar-refractivity contribution in [2.75, 3.05) is 7.05 Å². The molecule has 0 heterocycles. The Bertz CT molecular complexity index is 1190. The molecule has 5 nitrogen and oxygen atoms in total. The van der Waals surface area contributed by atoms with Crippen LogP contribution in [0.3, 0.4) is 0 Å². The van der Waals surface area contributed by atoms with Crippen molar-refractivity contribution in [1.29, 1.82) is 0 Å². The normalized spacial score (nSPS) is 11.7. The van der Waals surface area contributed by atoms with Crippen LogP contribution in [0.4, 0.5) is 0 Å². The topological polar surface area (TPSA) is 72.5 Å². The number of nitrogens with one attached hydrogen (secondary N) is 1. The second-order valence-corrected chi connectivity index (χ2v) is 9.47. The number of hydrogen-bond acceptors (Lipinski definition) is 4. The van der Waals surface area contributed by atoms with E-state index >= 15 is 0 Å². The van der Waals surface area contributed by atoms with Gasteiger partial charge in [0.15, 0.2) is 11.6 Å². The molecule has 0 aliphatic carbocycles. The van der Waals surface area contributed by atoms with Crippen LogP contribution in [0.5, 0.6) is 5.75 Å². The van der Waals surface area contributed by atoms with Gasteiger partial charge in [0, 0.05) is 36.9 Å². The average molecular weight is 506 g/mol. The Kier molecular flexibility index (Phi) is 9.83. The molecule has 3 aromatic carbocycles. The summed E-state index contributed by atoms with van der Waals surface area (Å²) in [6, 6.07) is 22.1. The van der Waals surface area contributed by atoms with Gasteiger partial charge in [0.1, 0.15) is 5.75 Å². The van der Waals surface area contributed by atoms with Gasteiger partial charge in [-0.25, -0.2) is 0 Å². The average Bonchev–Trinajstić information content (AvgIpc) is 2.88. The van der Waals surface area contributed by atoms with E-state index < -0.39 is 5.92 Å². The zero-order valence-corrected chi connectivity index (χ0v) is 21.7. The largest absolute Gasteiger partial charge is 0.489 e. The molecule has 3 rings (SSSR count). The lowest BCUT2D eigenvalue weighted by atomic mass is 9.90. The summed E-state index contributed by atoms with van der Waals surface area (Å²) in [4.78, 5) is 37.9. The van der Waals surface area contributed by atoms with E-state index in [9.17, 15) is 14.4 Å². The number of ether oxygens (including phenoxy) is 1. The van der Waals surface area contributed by atoms with E-state index in [1.54, 1.807) is 25.2 Å². The summed E-state index contributed by atoms with van der Waals surface area (Å²) >= 11 is 6.29. The number of rotatable bonds is 12. The summed E-state index contributed by atoms with van der Waals surface area (Å²) in [7, 11) is 1.57. The van der Waals surface area contributed by atoms with Gasteiger partial charge in [-0.2, -0.15) is 0 Å². The number of ketones is 2. The molecular formula is C30H32ClNO4. The van der Waals surface area contributed by atoms with Gasteiger partial charge in [-0.05, 0) is 56.0 Å². The molecular weight excluding hydrogens is 474 g/mol. The van der Waals surface area contributed by atoms with Gasteiger partial charge in [-0.1, -0.05) is 66.2 Å². The third-order valence-corrected chi connectivity index (χ3v) is 6.20. The standard InChI is InChI=1S/C30H32ClNO4/c1-20(2)36-29-16-14-24(18-26(29)31)28(34)19-25(30(35)32-3)17-22-11-9-21(10-12-22)13-15-27(33)23-7-5-4-6-8-23/h4-12,14,16,18,20,25H,13,15,17,19H2,1-3H3,(H,32,35)/t25-/m1/s1. The number of amides is 1. The van der Waals surface area contributed by atoms with Crippen molar-refractivity contribution in [3.05, 3.63) is 100 Å². The predicted molar refractivity (Wildman–Crippen MR) is 143 cm³/mol. The molecule has 6 heteroatoms. The lowest BCUT2D eigenvalue weighted by molar-refractivity contribution is -0.124. The van der Waals surface area contributed by atoms with Crippen LogP contribution in [0.2, 0.25) is 5.02 Å². The first-order valence-electron chi connectivity index (χ1n) is 12.1. The summed E-state index contributed by atoms with van der Waals surface area (Å²) in [6.07, 6.45) is 1.53. The maximum Gasteiger partial charge on any atom is 0.223 e. The van der Waals surface area contributed by atoms with E-state index in [1.165, 1.54) is 0 Å². The van der Waals surface area contributed by atoms with Crippen molar-refractivity contribution in [2.45, 2.75) is 45.6 Å². The van der Waals surface area contributed by atoms with Crippen LogP contribution >= 0.6 is 11.6 Å².